The first-order valence-corrected chi connectivity index (χ1v) is 5.45. The summed E-state index contributed by atoms with van der Waals surface area (Å²) in [6.07, 6.45) is 13.0. The Bertz CT molecular complexity index is 419. The summed E-state index contributed by atoms with van der Waals surface area (Å²) in [6, 6.07) is 8.62. The molecule has 1 aliphatic rings. The van der Waals surface area contributed by atoms with E-state index in [2.05, 4.69) is 61.6 Å². The lowest BCUT2D eigenvalue weighted by Crippen LogP contribution is -1.90. The highest BCUT2D eigenvalue weighted by molar-refractivity contribution is 5.55. The minimum absolute atomic E-state index is 1.14. The molecule has 0 heteroatoms. The van der Waals surface area contributed by atoms with Crippen LogP contribution in [0.25, 0.3) is 6.08 Å². The van der Waals surface area contributed by atoms with Crippen LogP contribution in [0.1, 0.15) is 24.5 Å². The molecule has 0 N–H and O–H groups in total. The molecular weight excluding hydrogens is 180 g/mol. The molecule has 0 atom stereocenters. The number of benzene rings is 1. The van der Waals surface area contributed by atoms with E-state index in [4.69, 9.17) is 0 Å². The maximum absolute atomic E-state index is 2.22. The molecule has 0 bridgehead atoms. The molecule has 0 aromatic heterocycles. The Kier molecular flexibility index (Phi) is 3.18. The summed E-state index contributed by atoms with van der Waals surface area (Å²) in [5.41, 5.74) is 4.23. The zero-order valence-corrected chi connectivity index (χ0v) is 9.11. The van der Waals surface area contributed by atoms with E-state index in [-0.39, 0.29) is 0 Å². The van der Waals surface area contributed by atoms with Crippen LogP contribution in [0.15, 0.2) is 54.1 Å². The van der Waals surface area contributed by atoms with Crippen LogP contribution in [0, 0.1) is 0 Å². The summed E-state index contributed by atoms with van der Waals surface area (Å²) in [5, 5.41) is 0. The van der Waals surface area contributed by atoms with Crippen molar-refractivity contribution in [2.24, 2.45) is 0 Å². The molecule has 1 aromatic carbocycles. The average molecular weight is 196 g/mol. The van der Waals surface area contributed by atoms with Crippen molar-refractivity contribution in [2.75, 3.05) is 0 Å². The molecule has 0 amide bonds. The lowest BCUT2D eigenvalue weighted by molar-refractivity contribution is 0.938. The quantitative estimate of drug-likeness (QED) is 0.584. The van der Waals surface area contributed by atoms with E-state index in [1.165, 1.54) is 16.7 Å². The van der Waals surface area contributed by atoms with Gasteiger partial charge in [0.05, 0.1) is 0 Å². The normalized spacial score (nSPS) is 23.4. The zero-order chi connectivity index (χ0) is 10.5. The van der Waals surface area contributed by atoms with Crippen LogP contribution in [0.4, 0.5) is 0 Å². The summed E-state index contributed by atoms with van der Waals surface area (Å²) in [4.78, 5) is 0. The lowest BCUT2D eigenvalue weighted by atomic mass is 9.99. The fraction of sp³-hybridized carbons (Fsp3) is 0.200. The highest BCUT2D eigenvalue weighted by atomic mass is 14.0. The van der Waals surface area contributed by atoms with Gasteiger partial charge >= 0.3 is 0 Å². The minimum atomic E-state index is 1.14. The van der Waals surface area contributed by atoms with Crippen LogP contribution < -0.4 is 0 Å². The molecule has 0 radical (unpaired) electrons. The molecule has 1 aliphatic carbocycles. The Morgan fingerprint density at radius 3 is 2.73 bits per heavy atom. The van der Waals surface area contributed by atoms with E-state index >= 15 is 0 Å². The van der Waals surface area contributed by atoms with Crippen molar-refractivity contribution in [1.29, 1.82) is 0 Å². The number of aryl methyl sites for hydroxylation is 1. The predicted molar refractivity (Wildman–Crippen MR) is 66.7 cm³/mol. The van der Waals surface area contributed by atoms with Crippen LogP contribution in [-0.4, -0.2) is 0 Å². The van der Waals surface area contributed by atoms with Crippen molar-refractivity contribution in [3.63, 3.8) is 0 Å². The van der Waals surface area contributed by atoms with Gasteiger partial charge < -0.3 is 0 Å². The van der Waals surface area contributed by atoms with Crippen LogP contribution in [-0.2, 0) is 6.42 Å². The van der Waals surface area contributed by atoms with E-state index < -0.39 is 0 Å². The van der Waals surface area contributed by atoms with Crippen LogP contribution in [0.2, 0.25) is 0 Å². The number of rotatable bonds is 0. The van der Waals surface area contributed by atoms with E-state index in [9.17, 15) is 0 Å². The monoisotopic (exact) mass is 196 g/mol. The highest BCUT2D eigenvalue weighted by Gasteiger charge is 1.99. The Morgan fingerprint density at radius 1 is 0.933 bits per heavy atom. The fourth-order valence-corrected chi connectivity index (χ4v) is 1.78. The molecule has 0 aliphatic heterocycles. The molecule has 0 fully saturated rings. The standard InChI is InChI=1S/C15H16/c1-13-7-3-2-4-8-14-9-5-6-10-15(14)12-11-13/h2-10H,11-12H2,1H3/b3-2-,8-4+,13-7+. The van der Waals surface area contributed by atoms with Gasteiger partial charge in [-0.25, -0.2) is 0 Å². The molecule has 0 saturated heterocycles. The number of fused-ring (bicyclic) bond motifs is 1. The molecule has 0 heterocycles. The number of allylic oxidation sites excluding steroid dienone is 5. The second-order valence-corrected chi connectivity index (χ2v) is 3.96. The van der Waals surface area contributed by atoms with Crippen molar-refractivity contribution in [2.45, 2.75) is 19.8 Å². The lowest BCUT2D eigenvalue weighted by Gasteiger charge is -2.06. The second-order valence-electron chi connectivity index (χ2n) is 3.96. The fourth-order valence-electron chi connectivity index (χ4n) is 1.78. The number of hydrogen-bond acceptors (Lipinski definition) is 0. The molecule has 0 unspecified atom stereocenters. The Labute approximate surface area is 91.6 Å². The Balaban J connectivity index is 2.35. The molecular formula is C15H16. The smallest absolute Gasteiger partial charge is 0.0224 e. The zero-order valence-electron chi connectivity index (χ0n) is 9.11. The van der Waals surface area contributed by atoms with E-state index in [0.29, 0.717) is 0 Å². The summed E-state index contributed by atoms with van der Waals surface area (Å²) >= 11 is 0. The SMILES string of the molecule is C\C1=C/C=C\C=C\c2ccccc2CC1. The van der Waals surface area contributed by atoms with Crippen molar-refractivity contribution in [3.05, 3.63) is 65.3 Å². The predicted octanol–water partition coefficient (Wildman–Crippen LogP) is 4.15. The third-order valence-corrected chi connectivity index (χ3v) is 2.72. The van der Waals surface area contributed by atoms with Gasteiger partial charge in [0.15, 0.2) is 0 Å². The molecule has 0 nitrogen and oxygen atoms in total. The van der Waals surface area contributed by atoms with Crippen LogP contribution in [0.3, 0.4) is 0 Å². The van der Waals surface area contributed by atoms with E-state index in [0.717, 1.165) is 12.8 Å². The van der Waals surface area contributed by atoms with Crippen molar-refractivity contribution in [3.8, 4) is 0 Å². The van der Waals surface area contributed by atoms with Crippen LogP contribution >= 0.6 is 0 Å². The largest absolute Gasteiger partial charge is 0.0730 e. The van der Waals surface area contributed by atoms with Gasteiger partial charge in [-0.2, -0.15) is 0 Å². The summed E-state index contributed by atoms with van der Waals surface area (Å²) in [6.45, 7) is 2.19. The molecule has 0 spiro atoms. The summed E-state index contributed by atoms with van der Waals surface area (Å²) < 4.78 is 0. The first-order valence-electron chi connectivity index (χ1n) is 5.45. The van der Waals surface area contributed by atoms with Gasteiger partial charge in [0, 0.05) is 0 Å². The topological polar surface area (TPSA) is 0 Å². The molecule has 1 aromatic rings. The first kappa shape index (κ1) is 9.97. The third kappa shape index (κ3) is 2.69. The van der Waals surface area contributed by atoms with E-state index in [1.807, 2.05) is 0 Å². The second kappa shape index (κ2) is 4.79. The maximum atomic E-state index is 2.22. The molecule has 15 heavy (non-hydrogen) atoms. The van der Waals surface area contributed by atoms with Crippen molar-refractivity contribution in [1.82, 2.24) is 0 Å². The molecule has 76 valence electrons. The summed E-state index contributed by atoms with van der Waals surface area (Å²) in [7, 11) is 0. The third-order valence-electron chi connectivity index (χ3n) is 2.72. The van der Waals surface area contributed by atoms with Crippen molar-refractivity contribution < 1.29 is 0 Å². The highest BCUT2D eigenvalue weighted by Crippen LogP contribution is 2.16. The van der Waals surface area contributed by atoms with E-state index in [1.54, 1.807) is 0 Å². The van der Waals surface area contributed by atoms with Gasteiger partial charge in [-0.3, -0.25) is 0 Å². The van der Waals surface area contributed by atoms with Gasteiger partial charge in [-0.15, -0.1) is 0 Å². The van der Waals surface area contributed by atoms with Crippen molar-refractivity contribution >= 4 is 6.08 Å². The van der Waals surface area contributed by atoms with Gasteiger partial charge in [-0.05, 0) is 30.9 Å². The summed E-state index contributed by atoms with van der Waals surface area (Å²) in [5.74, 6) is 0. The molecule has 0 saturated carbocycles. The van der Waals surface area contributed by atoms with Gasteiger partial charge in [0.2, 0.25) is 0 Å². The van der Waals surface area contributed by atoms with Gasteiger partial charge in [0.25, 0.3) is 0 Å². The average Bonchev–Trinajstić information content (AvgIpc) is 2.27. The Morgan fingerprint density at radius 2 is 1.80 bits per heavy atom. The first-order chi connectivity index (χ1) is 7.36. The number of hydrogen-bond donors (Lipinski definition) is 0. The van der Waals surface area contributed by atoms with Gasteiger partial charge in [-0.1, -0.05) is 60.2 Å². The molecule has 2 rings (SSSR count). The Hall–Kier alpha value is -1.56. The van der Waals surface area contributed by atoms with Crippen LogP contribution in [0.5, 0.6) is 0 Å². The maximum Gasteiger partial charge on any atom is -0.0224 e. The minimum Gasteiger partial charge on any atom is -0.0730 e. The van der Waals surface area contributed by atoms with Gasteiger partial charge in [0.1, 0.15) is 0 Å².